The van der Waals surface area contributed by atoms with Gasteiger partial charge in [0, 0.05) is 25.5 Å². The molecule has 1 heterocycles. The second-order valence-corrected chi connectivity index (χ2v) is 10.2. The minimum absolute atomic E-state index is 0. The van der Waals surface area contributed by atoms with Gasteiger partial charge in [0.25, 0.3) is 0 Å². The molecule has 0 bridgehead atoms. The van der Waals surface area contributed by atoms with E-state index in [9.17, 15) is 8.42 Å². The fourth-order valence-corrected chi connectivity index (χ4v) is 6.92. The van der Waals surface area contributed by atoms with Gasteiger partial charge in [-0.2, -0.15) is 4.31 Å². The average molecular weight is 474 g/mol. The first-order chi connectivity index (χ1) is 13.3. The van der Waals surface area contributed by atoms with Crippen LogP contribution in [0.5, 0.6) is 0 Å². The molecule has 2 atom stereocenters. The molecule has 1 aliphatic rings. The Balaban J connectivity index is 0.00000300. The minimum Gasteiger partial charge on any atom is -0.357 e. The van der Waals surface area contributed by atoms with Gasteiger partial charge in [-0.15, -0.1) is 12.4 Å². The third kappa shape index (κ3) is 4.54. The fourth-order valence-electron chi connectivity index (χ4n) is 3.39. The summed E-state index contributed by atoms with van der Waals surface area (Å²) in [7, 11) is -2.47. The zero-order valence-corrected chi connectivity index (χ0v) is 19.7. The van der Waals surface area contributed by atoms with Crippen LogP contribution in [0.15, 0.2) is 58.8 Å². The predicted molar refractivity (Wildman–Crippen MR) is 124 cm³/mol. The third-order valence-electron chi connectivity index (χ3n) is 4.85. The number of nitrogens with zero attached hydrogens (tertiary/aromatic N) is 2. The molecule has 2 aromatic rings. The van der Waals surface area contributed by atoms with Gasteiger partial charge in [-0.25, -0.2) is 8.42 Å². The molecule has 0 fully saturated rings. The van der Waals surface area contributed by atoms with E-state index in [1.807, 2.05) is 67.6 Å². The van der Waals surface area contributed by atoms with Crippen molar-refractivity contribution in [1.82, 2.24) is 9.21 Å². The van der Waals surface area contributed by atoms with Crippen molar-refractivity contribution in [2.24, 2.45) is 0 Å². The first-order valence-electron chi connectivity index (χ1n) is 9.04. The molecule has 0 spiro atoms. The van der Waals surface area contributed by atoms with E-state index in [0.29, 0.717) is 13.1 Å². The van der Waals surface area contributed by atoms with Crippen LogP contribution in [-0.2, 0) is 20.7 Å². The van der Waals surface area contributed by atoms with E-state index >= 15 is 0 Å². The van der Waals surface area contributed by atoms with Crippen molar-refractivity contribution >= 4 is 50.4 Å². The molecular weight excluding hydrogens is 449 g/mol. The largest absolute Gasteiger partial charge is 0.357 e. The van der Waals surface area contributed by atoms with E-state index in [1.165, 1.54) is 4.31 Å². The molecular formula is C20H25Cl2N3O2S2. The van der Waals surface area contributed by atoms with Gasteiger partial charge in [-0.05, 0) is 23.3 Å². The molecule has 0 aromatic heterocycles. The Bertz CT molecular complexity index is 1020. The normalized spacial score (nSPS) is 19.2. The monoisotopic (exact) mass is 473 g/mol. The van der Waals surface area contributed by atoms with E-state index in [1.54, 1.807) is 12.1 Å². The Morgan fingerprint density at radius 1 is 1.14 bits per heavy atom. The molecule has 1 N–H and O–H groups in total. The molecule has 0 saturated heterocycles. The maximum Gasteiger partial charge on any atom is 0.244 e. The number of nitrogens with one attached hydrogen (secondary N) is 1. The predicted octanol–water partition coefficient (Wildman–Crippen LogP) is 5.12. The van der Waals surface area contributed by atoms with Crippen LogP contribution in [0.1, 0.15) is 30.3 Å². The molecule has 29 heavy (non-hydrogen) atoms. The van der Waals surface area contributed by atoms with Crippen molar-refractivity contribution in [2.45, 2.75) is 24.1 Å². The SMILES string of the molecule is CCN(CC)S(=O)(=O)c1cc(C2=CS(=N)C(c3ccccc3)N2C)ccc1Cl.Cl. The summed E-state index contributed by atoms with van der Waals surface area (Å²) in [4.78, 5) is 2.15. The van der Waals surface area contributed by atoms with E-state index in [2.05, 4.69) is 0 Å². The number of sulfonamides is 1. The standard InChI is InChI=1S/C20H24ClN3O2S2.ClH/c1-4-24(5-2)28(25,26)19-13-16(11-12-17(19)21)18-14-27(22)20(23(18)3)15-9-7-6-8-10-15;/h6-14,20,22H,4-5H2,1-3H3;1H. The summed E-state index contributed by atoms with van der Waals surface area (Å²) in [5.74, 6) is 0. The Kier molecular flexibility index (Phi) is 7.93. The van der Waals surface area contributed by atoms with Gasteiger partial charge in [-0.1, -0.05) is 72.5 Å². The van der Waals surface area contributed by atoms with Gasteiger partial charge < -0.3 is 4.90 Å². The molecule has 2 aromatic carbocycles. The van der Waals surface area contributed by atoms with Crippen molar-refractivity contribution in [2.75, 3.05) is 20.1 Å². The summed E-state index contributed by atoms with van der Waals surface area (Å²) in [5, 5.41) is 2.02. The highest BCUT2D eigenvalue weighted by atomic mass is 35.5. The highest BCUT2D eigenvalue weighted by molar-refractivity contribution is 7.89. The van der Waals surface area contributed by atoms with Gasteiger partial charge in [0.15, 0.2) is 0 Å². The maximum atomic E-state index is 13.0. The van der Waals surface area contributed by atoms with Crippen LogP contribution in [0.2, 0.25) is 5.02 Å². The van der Waals surface area contributed by atoms with E-state index in [-0.39, 0.29) is 27.7 Å². The molecule has 2 unspecified atom stereocenters. The lowest BCUT2D eigenvalue weighted by atomic mass is 10.1. The Hall–Kier alpha value is -1.38. The lowest BCUT2D eigenvalue weighted by molar-refractivity contribution is 0.445. The minimum atomic E-state index is -3.67. The van der Waals surface area contributed by atoms with Gasteiger partial charge in [-0.3, -0.25) is 4.78 Å². The van der Waals surface area contributed by atoms with Gasteiger partial charge in [0.1, 0.15) is 10.3 Å². The first kappa shape index (κ1) is 23.9. The molecule has 0 radical (unpaired) electrons. The lowest BCUT2D eigenvalue weighted by Gasteiger charge is -2.26. The molecule has 9 heteroatoms. The number of rotatable bonds is 6. The van der Waals surface area contributed by atoms with Gasteiger partial charge in [0.2, 0.25) is 10.0 Å². The summed E-state index contributed by atoms with van der Waals surface area (Å²) in [6, 6.07) is 15.0. The summed E-state index contributed by atoms with van der Waals surface area (Å²) in [5.41, 5.74) is 2.67. The Morgan fingerprint density at radius 2 is 1.76 bits per heavy atom. The van der Waals surface area contributed by atoms with E-state index in [0.717, 1.165) is 16.8 Å². The van der Waals surface area contributed by atoms with Crippen molar-refractivity contribution in [3.05, 3.63) is 70.1 Å². The van der Waals surface area contributed by atoms with Crippen LogP contribution in [0.25, 0.3) is 5.70 Å². The third-order valence-corrected chi connectivity index (χ3v) is 8.92. The summed E-state index contributed by atoms with van der Waals surface area (Å²) in [6.45, 7) is 4.38. The van der Waals surface area contributed by atoms with Crippen LogP contribution in [-0.4, -0.2) is 37.8 Å². The molecule has 0 aliphatic carbocycles. The molecule has 0 amide bonds. The van der Waals surface area contributed by atoms with Crippen LogP contribution >= 0.6 is 24.0 Å². The van der Waals surface area contributed by atoms with Crippen molar-refractivity contribution in [1.29, 1.82) is 4.78 Å². The Morgan fingerprint density at radius 3 is 2.34 bits per heavy atom. The Labute approximate surface area is 186 Å². The molecule has 158 valence electrons. The highest BCUT2D eigenvalue weighted by Gasteiger charge is 2.31. The number of hydrogen-bond acceptors (Lipinski definition) is 4. The average Bonchev–Trinajstić information content (AvgIpc) is 2.97. The second-order valence-electron chi connectivity index (χ2n) is 6.48. The second kappa shape index (κ2) is 9.62. The topological polar surface area (TPSA) is 64.5 Å². The van der Waals surface area contributed by atoms with E-state index < -0.39 is 20.7 Å². The zero-order chi connectivity index (χ0) is 20.5. The van der Waals surface area contributed by atoms with Crippen LogP contribution in [0.4, 0.5) is 0 Å². The molecule has 3 rings (SSSR count). The van der Waals surface area contributed by atoms with Gasteiger partial charge in [0.05, 0.1) is 10.7 Å². The van der Waals surface area contributed by atoms with Crippen LogP contribution in [0.3, 0.4) is 0 Å². The number of hydrogen-bond donors (Lipinski definition) is 1. The van der Waals surface area contributed by atoms with Crippen molar-refractivity contribution in [3.63, 3.8) is 0 Å². The summed E-state index contributed by atoms with van der Waals surface area (Å²) in [6.07, 6.45) is 0. The highest BCUT2D eigenvalue weighted by Crippen LogP contribution is 2.39. The summed E-state index contributed by atoms with van der Waals surface area (Å²) >= 11 is 6.26. The molecule has 0 saturated carbocycles. The van der Waals surface area contributed by atoms with Crippen LogP contribution in [0, 0.1) is 4.78 Å². The summed E-state index contributed by atoms with van der Waals surface area (Å²) < 4.78 is 35.9. The molecule has 1 aliphatic heterocycles. The maximum absolute atomic E-state index is 13.0. The van der Waals surface area contributed by atoms with Crippen molar-refractivity contribution in [3.8, 4) is 0 Å². The van der Waals surface area contributed by atoms with Crippen LogP contribution < -0.4 is 0 Å². The zero-order valence-electron chi connectivity index (χ0n) is 16.5. The van der Waals surface area contributed by atoms with E-state index in [4.69, 9.17) is 16.4 Å². The first-order valence-corrected chi connectivity index (χ1v) is 12.2. The smallest absolute Gasteiger partial charge is 0.244 e. The molecule has 5 nitrogen and oxygen atoms in total. The quantitative estimate of drug-likeness (QED) is 0.633. The lowest BCUT2D eigenvalue weighted by Crippen LogP contribution is -2.31. The fraction of sp³-hybridized carbons (Fsp3) is 0.300. The number of halogens is 2. The van der Waals surface area contributed by atoms with Crippen molar-refractivity contribution < 1.29 is 8.42 Å². The number of benzene rings is 2. The van der Waals surface area contributed by atoms with Gasteiger partial charge >= 0.3 is 0 Å².